The van der Waals surface area contributed by atoms with Gasteiger partial charge in [-0.2, -0.15) is 12.6 Å². The van der Waals surface area contributed by atoms with E-state index in [0.717, 1.165) is 0 Å². The van der Waals surface area contributed by atoms with E-state index in [4.69, 9.17) is 10.8 Å². The van der Waals surface area contributed by atoms with Crippen LogP contribution < -0.4 is 16.4 Å². The highest BCUT2D eigenvalue weighted by molar-refractivity contribution is 7.80. The van der Waals surface area contributed by atoms with Crippen molar-refractivity contribution in [1.29, 1.82) is 0 Å². The second-order valence-electron chi connectivity index (χ2n) is 6.32. The van der Waals surface area contributed by atoms with Crippen LogP contribution in [0.2, 0.25) is 0 Å². The molecule has 1 aliphatic heterocycles. The van der Waals surface area contributed by atoms with Crippen molar-refractivity contribution in [3.05, 3.63) is 0 Å². The molecule has 9 nitrogen and oxygen atoms in total. The van der Waals surface area contributed by atoms with Gasteiger partial charge in [0.25, 0.3) is 0 Å². The molecule has 0 spiro atoms. The summed E-state index contributed by atoms with van der Waals surface area (Å²) in [6.45, 7) is 3.37. The molecule has 1 fully saturated rings. The number of carboxylic acid groups (broad SMARTS) is 1. The predicted octanol–water partition coefficient (Wildman–Crippen LogP) is -1.42. The van der Waals surface area contributed by atoms with E-state index in [0.29, 0.717) is 19.4 Å². The maximum atomic E-state index is 12.6. The SMILES string of the molecule is CC(C)C(NC(=O)C1CCCN1C(=O)C(N)CS)C(=O)NCC(=O)O. The molecule has 3 unspecified atom stereocenters. The minimum atomic E-state index is -1.17. The third-order valence-electron chi connectivity index (χ3n) is 4.01. The summed E-state index contributed by atoms with van der Waals surface area (Å²) < 4.78 is 0. The summed E-state index contributed by atoms with van der Waals surface area (Å²) in [6, 6.07) is -2.36. The van der Waals surface area contributed by atoms with Gasteiger partial charge in [-0.05, 0) is 18.8 Å². The number of likely N-dealkylation sites (tertiary alicyclic amines) is 1. The summed E-state index contributed by atoms with van der Waals surface area (Å²) in [6.07, 6.45) is 1.15. The van der Waals surface area contributed by atoms with Crippen molar-refractivity contribution in [2.45, 2.75) is 44.8 Å². The van der Waals surface area contributed by atoms with Crippen LogP contribution in [0.5, 0.6) is 0 Å². The van der Waals surface area contributed by atoms with E-state index < -0.39 is 42.5 Å². The minimum absolute atomic E-state index is 0.176. The first kappa shape index (κ1) is 21.2. The fourth-order valence-corrected chi connectivity index (χ4v) is 2.81. The molecule has 0 bridgehead atoms. The van der Waals surface area contributed by atoms with Gasteiger partial charge in [0, 0.05) is 12.3 Å². The Hall–Kier alpha value is -1.81. The molecule has 3 atom stereocenters. The topological polar surface area (TPSA) is 142 Å². The highest BCUT2D eigenvalue weighted by Gasteiger charge is 2.37. The van der Waals surface area contributed by atoms with Crippen LogP contribution >= 0.6 is 12.6 Å². The summed E-state index contributed by atoms with van der Waals surface area (Å²) in [5, 5.41) is 13.5. The van der Waals surface area contributed by atoms with Gasteiger partial charge in [-0.3, -0.25) is 19.2 Å². The fourth-order valence-electron chi connectivity index (χ4n) is 2.65. The Morgan fingerprint density at radius 1 is 1.32 bits per heavy atom. The summed E-state index contributed by atoms with van der Waals surface area (Å²) in [4.78, 5) is 48.9. The van der Waals surface area contributed by atoms with Crippen LogP contribution in [-0.2, 0) is 19.2 Å². The molecule has 0 aliphatic carbocycles. The Balaban J connectivity index is 2.77. The van der Waals surface area contributed by atoms with Crippen molar-refractivity contribution in [1.82, 2.24) is 15.5 Å². The number of aliphatic carboxylic acids is 1. The van der Waals surface area contributed by atoms with E-state index in [-0.39, 0.29) is 17.6 Å². The van der Waals surface area contributed by atoms with Crippen LogP contribution in [0, 0.1) is 5.92 Å². The van der Waals surface area contributed by atoms with E-state index in [2.05, 4.69) is 23.3 Å². The quantitative estimate of drug-likeness (QED) is 0.330. The van der Waals surface area contributed by atoms with E-state index in [9.17, 15) is 19.2 Å². The van der Waals surface area contributed by atoms with Crippen molar-refractivity contribution in [3.63, 3.8) is 0 Å². The van der Waals surface area contributed by atoms with Gasteiger partial charge in [0.2, 0.25) is 17.7 Å². The molecule has 10 heteroatoms. The van der Waals surface area contributed by atoms with Gasteiger partial charge >= 0.3 is 5.97 Å². The summed E-state index contributed by atoms with van der Waals surface area (Å²) in [5.41, 5.74) is 5.71. The molecule has 1 aliphatic rings. The fraction of sp³-hybridized carbons (Fsp3) is 0.733. The smallest absolute Gasteiger partial charge is 0.322 e. The molecule has 142 valence electrons. The number of amides is 3. The minimum Gasteiger partial charge on any atom is -0.480 e. The second-order valence-corrected chi connectivity index (χ2v) is 6.69. The number of nitrogens with two attached hydrogens (primary N) is 1. The second kappa shape index (κ2) is 9.62. The first-order valence-corrected chi connectivity index (χ1v) is 8.79. The van der Waals surface area contributed by atoms with Gasteiger partial charge in [0.15, 0.2) is 0 Å². The summed E-state index contributed by atoms with van der Waals surface area (Å²) in [5.74, 6) is -2.60. The molecule has 1 saturated heterocycles. The monoisotopic (exact) mass is 374 g/mol. The molecule has 5 N–H and O–H groups in total. The predicted molar refractivity (Wildman–Crippen MR) is 94.0 cm³/mol. The maximum absolute atomic E-state index is 12.6. The van der Waals surface area contributed by atoms with Crippen LogP contribution in [0.1, 0.15) is 26.7 Å². The molecule has 0 aromatic carbocycles. The number of nitrogens with zero attached hydrogens (tertiary/aromatic N) is 1. The molecule has 3 amide bonds. The van der Waals surface area contributed by atoms with Gasteiger partial charge in [-0.15, -0.1) is 0 Å². The first-order chi connectivity index (χ1) is 11.7. The molecule has 0 aromatic rings. The van der Waals surface area contributed by atoms with Crippen molar-refractivity contribution >= 4 is 36.3 Å². The third kappa shape index (κ3) is 5.89. The summed E-state index contributed by atoms with van der Waals surface area (Å²) in [7, 11) is 0. The number of hydrogen-bond donors (Lipinski definition) is 5. The van der Waals surface area contributed by atoms with Crippen LogP contribution in [0.4, 0.5) is 0 Å². The van der Waals surface area contributed by atoms with Crippen molar-refractivity contribution < 1.29 is 24.3 Å². The first-order valence-electron chi connectivity index (χ1n) is 8.15. The lowest BCUT2D eigenvalue weighted by atomic mass is 10.0. The standard InChI is InChI=1S/C15H26N4O5S/c1-8(2)12(14(23)17-6-11(20)21)18-13(22)10-4-3-5-19(10)15(24)9(16)7-25/h8-10,12,25H,3-7,16H2,1-2H3,(H,17,23)(H,18,22)(H,20,21). The number of carbonyl (C=O) groups is 4. The molecule has 25 heavy (non-hydrogen) atoms. The summed E-state index contributed by atoms with van der Waals surface area (Å²) >= 11 is 4.00. The number of hydrogen-bond acceptors (Lipinski definition) is 6. The van der Waals surface area contributed by atoms with Gasteiger partial charge < -0.3 is 26.4 Å². The zero-order valence-corrected chi connectivity index (χ0v) is 15.3. The van der Waals surface area contributed by atoms with Crippen LogP contribution in [-0.4, -0.2) is 70.7 Å². The number of carbonyl (C=O) groups excluding carboxylic acids is 3. The number of nitrogens with one attached hydrogen (secondary N) is 2. The zero-order chi connectivity index (χ0) is 19.1. The molecule has 0 radical (unpaired) electrons. The Labute approximate surface area is 152 Å². The van der Waals surface area contributed by atoms with Crippen molar-refractivity contribution in [2.75, 3.05) is 18.8 Å². The maximum Gasteiger partial charge on any atom is 0.322 e. The average molecular weight is 374 g/mol. The van der Waals surface area contributed by atoms with Gasteiger partial charge in [0.1, 0.15) is 18.6 Å². The van der Waals surface area contributed by atoms with Crippen LogP contribution in [0.25, 0.3) is 0 Å². The Morgan fingerprint density at radius 2 is 1.96 bits per heavy atom. The van der Waals surface area contributed by atoms with Crippen molar-refractivity contribution in [2.24, 2.45) is 11.7 Å². The van der Waals surface area contributed by atoms with E-state index in [1.807, 2.05) is 0 Å². The van der Waals surface area contributed by atoms with Gasteiger partial charge in [0.05, 0.1) is 6.04 Å². The molecule has 0 saturated carbocycles. The van der Waals surface area contributed by atoms with Crippen LogP contribution in [0.3, 0.4) is 0 Å². The zero-order valence-electron chi connectivity index (χ0n) is 14.4. The van der Waals surface area contributed by atoms with E-state index >= 15 is 0 Å². The normalized spacial score (nSPS) is 19.4. The molecular formula is C15H26N4O5S. The largest absolute Gasteiger partial charge is 0.480 e. The Morgan fingerprint density at radius 3 is 2.48 bits per heavy atom. The van der Waals surface area contributed by atoms with E-state index in [1.165, 1.54) is 4.90 Å². The van der Waals surface area contributed by atoms with Crippen LogP contribution in [0.15, 0.2) is 0 Å². The number of rotatable bonds is 8. The molecule has 1 heterocycles. The third-order valence-corrected chi connectivity index (χ3v) is 4.41. The lowest BCUT2D eigenvalue weighted by Gasteiger charge is -2.28. The van der Waals surface area contributed by atoms with Gasteiger partial charge in [-0.1, -0.05) is 13.8 Å². The Bertz CT molecular complexity index is 528. The number of thiol groups is 1. The highest BCUT2D eigenvalue weighted by atomic mass is 32.1. The Kier molecular flexibility index (Phi) is 8.17. The molecule has 1 rings (SSSR count). The molecule has 0 aromatic heterocycles. The van der Waals surface area contributed by atoms with Crippen molar-refractivity contribution in [3.8, 4) is 0 Å². The molecular weight excluding hydrogens is 348 g/mol. The highest BCUT2D eigenvalue weighted by Crippen LogP contribution is 2.19. The number of carboxylic acids is 1. The van der Waals surface area contributed by atoms with E-state index in [1.54, 1.807) is 13.8 Å². The lowest BCUT2D eigenvalue weighted by Crippen LogP contribution is -2.57. The lowest BCUT2D eigenvalue weighted by molar-refractivity contribution is -0.141. The van der Waals surface area contributed by atoms with Gasteiger partial charge in [-0.25, -0.2) is 0 Å². The average Bonchev–Trinajstić information content (AvgIpc) is 3.05.